The van der Waals surface area contributed by atoms with Crippen LogP contribution in [0, 0.1) is 5.92 Å². The number of nitrogen functional groups attached to an aromatic ring is 1. The number of amides is 2. The summed E-state index contributed by atoms with van der Waals surface area (Å²) in [6, 6.07) is 0.705. The minimum Gasteiger partial charge on any atom is -0.480 e. The van der Waals surface area contributed by atoms with Crippen molar-refractivity contribution in [2.45, 2.75) is 44.2 Å². The maximum Gasteiger partial charge on any atom is 0.326 e. The van der Waals surface area contributed by atoms with Gasteiger partial charge in [0.05, 0.1) is 5.69 Å². The number of thioether (sulfide) groups is 1. The molecule has 2 heterocycles. The average molecular weight is 432 g/mol. The van der Waals surface area contributed by atoms with E-state index in [1.807, 2.05) is 13.8 Å². The van der Waals surface area contributed by atoms with Crippen LogP contribution in [0.4, 0.5) is 5.95 Å². The van der Waals surface area contributed by atoms with Crippen LogP contribution < -0.4 is 16.4 Å². The van der Waals surface area contributed by atoms with Gasteiger partial charge in [-0.25, -0.2) is 14.8 Å². The summed E-state index contributed by atoms with van der Waals surface area (Å²) >= 11 is 1.39. The number of anilines is 1. The molecule has 2 atom stereocenters. The summed E-state index contributed by atoms with van der Waals surface area (Å²) in [6.07, 6.45) is 2.76. The summed E-state index contributed by atoms with van der Waals surface area (Å²) in [6.45, 7) is 4.06. The van der Waals surface area contributed by atoms with Crippen LogP contribution in [0.25, 0.3) is 5.57 Å². The molecule has 0 radical (unpaired) electrons. The standard InChI is InChI=1S/C20H25N5O4S/c1-10-7-11(2)13-8-12(10)15-9-17(25-20(21)24-15)30-6-4-16(26)22-5-3-14(19(28)29)23-18(13)27/h8-9,11,14H,3-7H2,1-2H3,(H,22,26)(H,23,27)(H,28,29)(H2,21,24,25)/t11?,14-/m0/s1. The van der Waals surface area contributed by atoms with E-state index >= 15 is 0 Å². The van der Waals surface area contributed by atoms with Gasteiger partial charge < -0.3 is 21.5 Å². The molecule has 160 valence electrons. The van der Waals surface area contributed by atoms with Gasteiger partial charge in [0.15, 0.2) is 0 Å². The number of aromatic nitrogens is 2. The molecule has 9 nitrogen and oxygen atoms in total. The van der Waals surface area contributed by atoms with Crippen molar-refractivity contribution in [1.29, 1.82) is 0 Å². The van der Waals surface area contributed by atoms with Crippen molar-refractivity contribution in [1.82, 2.24) is 20.6 Å². The van der Waals surface area contributed by atoms with Crippen molar-refractivity contribution in [2.24, 2.45) is 5.92 Å². The zero-order chi connectivity index (χ0) is 21.8. The molecular formula is C20H25N5O4S. The quantitative estimate of drug-likeness (QED) is 0.488. The number of rotatable bonds is 1. The van der Waals surface area contributed by atoms with Crippen molar-refractivity contribution in [3.63, 3.8) is 0 Å². The second-order valence-electron chi connectivity index (χ2n) is 7.45. The molecule has 10 heteroatoms. The van der Waals surface area contributed by atoms with Crippen LogP contribution in [-0.4, -0.2) is 51.2 Å². The Balaban J connectivity index is 2.02. The second kappa shape index (κ2) is 9.29. The van der Waals surface area contributed by atoms with Gasteiger partial charge in [-0.3, -0.25) is 9.59 Å². The largest absolute Gasteiger partial charge is 0.480 e. The molecule has 1 aromatic rings. The minimum atomic E-state index is -1.14. The molecule has 5 N–H and O–H groups in total. The third kappa shape index (κ3) is 5.18. The van der Waals surface area contributed by atoms with E-state index in [2.05, 4.69) is 20.6 Å². The van der Waals surface area contributed by atoms with Crippen molar-refractivity contribution in [2.75, 3.05) is 18.0 Å². The first-order valence-corrected chi connectivity index (χ1v) is 10.7. The van der Waals surface area contributed by atoms with Crippen LogP contribution in [0.2, 0.25) is 0 Å². The summed E-state index contributed by atoms with van der Waals surface area (Å²) in [7, 11) is 0. The molecule has 0 aromatic carbocycles. The van der Waals surface area contributed by atoms with E-state index in [0.29, 0.717) is 28.5 Å². The highest BCUT2D eigenvalue weighted by atomic mass is 32.2. The predicted molar refractivity (Wildman–Crippen MR) is 113 cm³/mol. The lowest BCUT2D eigenvalue weighted by Crippen LogP contribution is -2.44. The third-order valence-electron chi connectivity index (χ3n) is 5.10. The third-order valence-corrected chi connectivity index (χ3v) is 6.01. The van der Waals surface area contributed by atoms with E-state index in [1.54, 1.807) is 12.1 Å². The smallest absolute Gasteiger partial charge is 0.326 e. The minimum absolute atomic E-state index is 0.0742. The molecule has 2 aliphatic rings. The summed E-state index contributed by atoms with van der Waals surface area (Å²) in [4.78, 5) is 45.1. The van der Waals surface area contributed by atoms with Crippen LogP contribution in [0.15, 0.2) is 28.3 Å². The van der Waals surface area contributed by atoms with Gasteiger partial charge in [-0.2, -0.15) is 0 Å². The first kappa shape index (κ1) is 21.8. The molecule has 1 unspecified atom stereocenters. The van der Waals surface area contributed by atoms with E-state index in [-0.39, 0.29) is 37.2 Å². The molecule has 4 bridgehead atoms. The zero-order valence-corrected chi connectivity index (χ0v) is 17.7. The molecular weight excluding hydrogens is 406 g/mol. The number of hydrogen-bond acceptors (Lipinski definition) is 7. The highest BCUT2D eigenvalue weighted by molar-refractivity contribution is 7.99. The van der Waals surface area contributed by atoms with E-state index in [9.17, 15) is 19.5 Å². The molecule has 0 saturated heterocycles. The lowest BCUT2D eigenvalue weighted by Gasteiger charge is -2.25. The molecule has 30 heavy (non-hydrogen) atoms. The van der Waals surface area contributed by atoms with Crippen molar-refractivity contribution in [3.8, 4) is 0 Å². The monoisotopic (exact) mass is 431 g/mol. The molecule has 0 fully saturated rings. The first-order chi connectivity index (χ1) is 14.2. The number of carbonyl (C=O) groups excluding carboxylic acids is 2. The summed E-state index contributed by atoms with van der Waals surface area (Å²) in [5.41, 5.74) is 8.83. The Morgan fingerprint density at radius 1 is 1.33 bits per heavy atom. The number of carboxylic acids is 1. The Morgan fingerprint density at radius 3 is 2.83 bits per heavy atom. The predicted octanol–water partition coefficient (Wildman–Crippen LogP) is 1.37. The Labute approximate surface area is 178 Å². The molecule has 3 rings (SSSR count). The van der Waals surface area contributed by atoms with Gasteiger partial charge in [0.1, 0.15) is 11.1 Å². The maximum atomic E-state index is 12.9. The maximum absolute atomic E-state index is 12.9. The number of hydrogen-bond donors (Lipinski definition) is 4. The van der Waals surface area contributed by atoms with Gasteiger partial charge in [-0.15, -0.1) is 11.8 Å². The Bertz CT molecular complexity index is 943. The van der Waals surface area contributed by atoms with Crippen LogP contribution in [0.5, 0.6) is 0 Å². The summed E-state index contributed by atoms with van der Waals surface area (Å²) in [5.74, 6) is -1.23. The lowest BCUT2D eigenvalue weighted by molar-refractivity contribution is -0.141. The number of carbonyl (C=O) groups is 3. The zero-order valence-electron chi connectivity index (χ0n) is 16.9. The highest BCUT2D eigenvalue weighted by Crippen LogP contribution is 2.35. The van der Waals surface area contributed by atoms with E-state index in [4.69, 9.17) is 5.73 Å². The summed E-state index contributed by atoms with van der Waals surface area (Å²) < 4.78 is 0. The van der Waals surface area contributed by atoms with Gasteiger partial charge in [0, 0.05) is 24.3 Å². The Kier molecular flexibility index (Phi) is 6.76. The molecule has 0 spiro atoms. The van der Waals surface area contributed by atoms with Crippen molar-refractivity contribution < 1.29 is 19.5 Å². The fraction of sp³-hybridized carbons (Fsp3) is 0.450. The lowest BCUT2D eigenvalue weighted by atomic mass is 9.83. The summed E-state index contributed by atoms with van der Waals surface area (Å²) in [5, 5.41) is 15.4. The number of nitrogens with one attached hydrogen (secondary N) is 2. The number of nitrogens with zero attached hydrogens (tertiary/aromatic N) is 2. The highest BCUT2D eigenvalue weighted by Gasteiger charge is 2.28. The van der Waals surface area contributed by atoms with Crippen LogP contribution in [0.3, 0.4) is 0 Å². The second-order valence-corrected chi connectivity index (χ2v) is 8.57. The number of carboxylic acid groups (broad SMARTS) is 1. The first-order valence-electron chi connectivity index (χ1n) is 9.74. The van der Waals surface area contributed by atoms with E-state index in [0.717, 1.165) is 11.1 Å². The fourth-order valence-corrected chi connectivity index (χ4v) is 4.38. The van der Waals surface area contributed by atoms with Crippen molar-refractivity contribution >= 4 is 41.1 Å². The Morgan fingerprint density at radius 2 is 2.10 bits per heavy atom. The Hall–Kier alpha value is -2.88. The molecule has 1 aliphatic heterocycles. The van der Waals surface area contributed by atoms with Gasteiger partial charge >= 0.3 is 5.97 Å². The fourth-order valence-electron chi connectivity index (χ4n) is 3.53. The van der Waals surface area contributed by atoms with E-state index in [1.165, 1.54) is 11.8 Å². The number of aliphatic carboxylic acids is 1. The number of nitrogens with two attached hydrogens (primary N) is 1. The number of fused-ring (bicyclic) bond motifs is 4. The average Bonchev–Trinajstić information content (AvgIpc) is 2.65. The van der Waals surface area contributed by atoms with Gasteiger partial charge in [-0.05, 0) is 43.4 Å². The van der Waals surface area contributed by atoms with Crippen LogP contribution in [0.1, 0.15) is 38.8 Å². The van der Waals surface area contributed by atoms with Gasteiger partial charge in [-0.1, -0.05) is 12.5 Å². The van der Waals surface area contributed by atoms with Crippen molar-refractivity contribution in [3.05, 3.63) is 29.0 Å². The SMILES string of the molecule is CC1=C2C=C(C(=O)N[C@H](C(=O)O)CCNC(=O)CCSc3cc2nc(N)n3)C(C)C1. The van der Waals surface area contributed by atoms with E-state index < -0.39 is 17.9 Å². The molecule has 0 saturated carbocycles. The molecule has 1 aromatic heterocycles. The van der Waals surface area contributed by atoms with Crippen LogP contribution >= 0.6 is 11.8 Å². The van der Waals surface area contributed by atoms with Gasteiger partial charge in [0.2, 0.25) is 17.8 Å². The van der Waals surface area contributed by atoms with Crippen LogP contribution in [-0.2, 0) is 14.4 Å². The normalized spacial score (nSPS) is 23.3. The topological polar surface area (TPSA) is 147 Å². The molecule has 2 amide bonds. The number of allylic oxidation sites excluding steroid dienone is 3. The molecule has 1 aliphatic carbocycles. The van der Waals surface area contributed by atoms with Gasteiger partial charge in [0.25, 0.3) is 0 Å².